The van der Waals surface area contributed by atoms with Crippen LogP contribution in [0.2, 0.25) is 0 Å². The molecule has 1 aliphatic carbocycles. The van der Waals surface area contributed by atoms with Crippen molar-refractivity contribution in [2.75, 3.05) is 26.3 Å². The number of nitrogens with one attached hydrogen (secondary N) is 1. The second-order valence-electron chi connectivity index (χ2n) is 8.57. The Morgan fingerprint density at radius 2 is 1.79 bits per heavy atom. The lowest BCUT2D eigenvalue weighted by atomic mass is 9.99. The van der Waals surface area contributed by atoms with E-state index in [9.17, 15) is 9.59 Å². The number of hydrogen-bond acceptors (Lipinski definition) is 4. The second-order valence-corrected chi connectivity index (χ2v) is 8.57. The summed E-state index contributed by atoms with van der Waals surface area (Å²) in [6.45, 7) is 8.36. The van der Waals surface area contributed by atoms with Crippen molar-refractivity contribution in [3.8, 4) is 0 Å². The lowest BCUT2D eigenvalue weighted by Gasteiger charge is -2.44. The molecule has 4 atom stereocenters. The Labute approximate surface area is 164 Å². The molecule has 1 N–H and O–H groups in total. The highest BCUT2D eigenvalue weighted by molar-refractivity contribution is 5.99. The number of hydrogen-bond donors (Lipinski definition) is 1. The lowest BCUT2D eigenvalue weighted by molar-refractivity contribution is -0.138. The average molecular weight is 382 g/mol. The lowest BCUT2D eigenvalue weighted by Crippen LogP contribution is -2.62. The first-order valence-corrected chi connectivity index (χ1v) is 10.1. The van der Waals surface area contributed by atoms with Gasteiger partial charge in [-0.05, 0) is 36.5 Å². The summed E-state index contributed by atoms with van der Waals surface area (Å²) < 4.78 is 5.73. The number of rotatable bonds is 2. The van der Waals surface area contributed by atoms with Crippen molar-refractivity contribution in [3.63, 3.8) is 0 Å². The number of carbonyl (C=O) groups excluding carboxylic acids is 2. The van der Waals surface area contributed by atoms with Crippen molar-refractivity contribution in [2.24, 2.45) is 17.8 Å². The molecule has 0 bridgehead atoms. The number of aromatic amines is 1. The molecule has 0 unspecified atom stereocenters. The molecule has 7 nitrogen and oxygen atoms in total. The smallest absolute Gasteiger partial charge is 0.254 e. The second kappa shape index (κ2) is 6.30. The Morgan fingerprint density at radius 1 is 1.11 bits per heavy atom. The fourth-order valence-electron chi connectivity index (χ4n) is 4.99. The number of amides is 2. The summed E-state index contributed by atoms with van der Waals surface area (Å²) in [4.78, 5) is 30.3. The Bertz CT molecular complexity index is 946. The van der Waals surface area contributed by atoms with E-state index in [0.29, 0.717) is 43.7 Å². The third-order valence-corrected chi connectivity index (χ3v) is 7.07. The fourth-order valence-corrected chi connectivity index (χ4v) is 4.99. The van der Waals surface area contributed by atoms with Gasteiger partial charge in [-0.15, -0.1) is 0 Å². The van der Waals surface area contributed by atoms with Gasteiger partial charge in [0.1, 0.15) is 0 Å². The summed E-state index contributed by atoms with van der Waals surface area (Å²) in [6, 6.07) is 3.76. The van der Waals surface area contributed by atoms with Gasteiger partial charge in [0.2, 0.25) is 5.91 Å². The van der Waals surface area contributed by atoms with Crippen LogP contribution in [0.4, 0.5) is 0 Å². The van der Waals surface area contributed by atoms with Gasteiger partial charge in [0.05, 0.1) is 37.0 Å². The first-order valence-electron chi connectivity index (χ1n) is 10.1. The van der Waals surface area contributed by atoms with Crippen molar-refractivity contribution in [1.82, 2.24) is 20.0 Å². The Balaban J connectivity index is 1.40. The van der Waals surface area contributed by atoms with Crippen molar-refractivity contribution in [3.05, 3.63) is 29.5 Å². The quantitative estimate of drug-likeness (QED) is 0.859. The SMILES string of the molecule is Cc1cc2cn[nH]c2cc1C(=O)N1CCN(C(=O)C2[C@H](C)[C@H]2C)[C@H]2COC[C@H]21. The maximum absolute atomic E-state index is 13.4. The highest BCUT2D eigenvalue weighted by atomic mass is 16.5. The maximum Gasteiger partial charge on any atom is 0.254 e. The zero-order chi connectivity index (χ0) is 19.6. The van der Waals surface area contributed by atoms with E-state index in [1.807, 2.05) is 28.9 Å². The highest BCUT2D eigenvalue weighted by Gasteiger charge is 2.53. The monoisotopic (exact) mass is 382 g/mol. The van der Waals surface area contributed by atoms with E-state index in [1.54, 1.807) is 6.20 Å². The molecular weight excluding hydrogens is 356 g/mol. The molecule has 3 heterocycles. The number of benzene rings is 1. The van der Waals surface area contributed by atoms with Gasteiger partial charge < -0.3 is 14.5 Å². The van der Waals surface area contributed by atoms with Gasteiger partial charge >= 0.3 is 0 Å². The molecule has 0 radical (unpaired) electrons. The Morgan fingerprint density at radius 3 is 2.50 bits per heavy atom. The highest BCUT2D eigenvalue weighted by Crippen LogP contribution is 2.47. The van der Waals surface area contributed by atoms with Crippen LogP contribution in [-0.4, -0.2) is 70.2 Å². The van der Waals surface area contributed by atoms with E-state index in [2.05, 4.69) is 24.0 Å². The largest absolute Gasteiger partial charge is 0.377 e. The number of ether oxygens (including phenoxy) is 1. The number of piperazine rings is 1. The summed E-state index contributed by atoms with van der Waals surface area (Å²) in [5.74, 6) is 1.29. The van der Waals surface area contributed by atoms with Gasteiger partial charge in [-0.2, -0.15) is 5.10 Å². The summed E-state index contributed by atoms with van der Waals surface area (Å²) >= 11 is 0. The van der Waals surface area contributed by atoms with Crippen LogP contribution in [0.1, 0.15) is 29.8 Å². The number of carbonyl (C=O) groups is 2. The molecule has 148 valence electrons. The minimum absolute atomic E-state index is 0.00903. The Kier molecular flexibility index (Phi) is 3.98. The molecule has 1 aromatic carbocycles. The van der Waals surface area contributed by atoms with Crippen molar-refractivity contribution in [1.29, 1.82) is 0 Å². The fraction of sp³-hybridized carbons (Fsp3) is 0.571. The van der Waals surface area contributed by atoms with Gasteiger partial charge in [-0.1, -0.05) is 13.8 Å². The average Bonchev–Trinajstić information content (AvgIpc) is 3.10. The van der Waals surface area contributed by atoms with Crippen LogP contribution < -0.4 is 0 Å². The predicted molar refractivity (Wildman–Crippen MR) is 104 cm³/mol. The molecular formula is C21H26N4O3. The topological polar surface area (TPSA) is 78.5 Å². The van der Waals surface area contributed by atoms with Crippen LogP contribution in [0, 0.1) is 24.7 Å². The van der Waals surface area contributed by atoms with Gasteiger partial charge in [0.15, 0.2) is 0 Å². The van der Waals surface area contributed by atoms with E-state index in [4.69, 9.17) is 4.74 Å². The van der Waals surface area contributed by atoms with Crippen LogP contribution in [0.5, 0.6) is 0 Å². The summed E-state index contributed by atoms with van der Waals surface area (Å²) in [5, 5.41) is 8.00. The number of fused-ring (bicyclic) bond motifs is 2. The van der Waals surface area contributed by atoms with Crippen molar-refractivity contribution in [2.45, 2.75) is 32.9 Å². The molecule has 28 heavy (non-hydrogen) atoms. The van der Waals surface area contributed by atoms with Crippen LogP contribution >= 0.6 is 0 Å². The molecule has 1 aromatic heterocycles. The van der Waals surface area contributed by atoms with Gasteiger partial charge in [-0.25, -0.2) is 0 Å². The summed E-state index contributed by atoms with van der Waals surface area (Å²) in [6.07, 6.45) is 1.77. The molecule has 3 aliphatic rings. The molecule has 7 heteroatoms. The van der Waals surface area contributed by atoms with Gasteiger partial charge in [-0.3, -0.25) is 14.7 Å². The predicted octanol–water partition coefficient (Wildman–Crippen LogP) is 1.83. The van der Waals surface area contributed by atoms with E-state index in [1.165, 1.54) is 0 Å². The molecule has 5 rings (SSSR count). The van der Waals surface area contributed by atoms with Crippen molar-refractivity contribution < 1.29 is 14.3 Å². The van der Waals surface area contributed by atoms with E-state index in [0.717, 1.165) is 16.5 Å². The molecule has 2 saturated heterocycles. The van der Waals surface area contributed by atoms with E-state index in [-0.39, 0.29) is 29.8 Å². The number of nitrogens with zero attached hydrogens (tertiary/aromatic N) is 3. The standard InChI is InChI=1S/C21H26N4O3/c1-11-6-14-8-22-23-16(14)7-15(11)20(26)24-4-5-25(18-10-28-9-17(18)24)21(27)19-12(2)13(19)3/h6-8,12-13,17-19H,4-5,9-10H2,1-3H3,(H,22,23)/t12-,13-,17-,18+/m1/s1. The molecule has 1 saturated carbocycles. The van der Waals surface area contributed by atoms with Gasteiger partial charge in [0.25, 0.3) is 5.91 Å². The Hall–Kier alpha value is -2.41. The van der Waals surface area contributed by atoms with Crippen LogP contribution in [-0.2, 0) is 9.53 Å². The number of H-pyrrole nitrogens is 1. The summed E-state index contributed by atoms with van der Waals surface area (Å²) in [7, 11) is 0. The van der Waals surface area contributed by atoms with Crippen molar-refractivity contribution >= 4 is 22.7 Å². The molecule has 3 fully saturated rings. The normalized spacial score (nSPS) is 31.9. The van der Waals surface area contributed by atoms with Crippen LogP contribution in [0.25, 0.3) is 10.9 Å². The first kappa shape index (κ1) is 17.7. The number of aryl methyl sites for hydroxylation is 1. The minimum atomic E-state index is -0.0774. The third kappa shape index (κ3) is 2.56. The minimum Gasteiger partial charge on any atom is -0.377 e. The van der Waals surface area contributed by atoms with E-state index < -0.39 is 0 Å². The van der Waals surface area contributed by atoms with E-state index >= 15 is 0 Å². The molecule has 2 aliphatic heterocycles. The van der Waals surface area contributed by atoms with Crippen LogP contribution in [0.15, 0.2) is 18.3 Å². The molecule has 2 amide bonds. The zero-order valence-electron chi connectivity index (χ0n) is 16.5. The maximum atomic E-state index is 13.4. The zero-order valence-corrected chi connectivity index (χ0v) is 16.5. The first-order chi connectivity index (χ1) is 13.5. The van der Waals surface area contributed by atoms with Crippen LogP contribution in [0.3, 0.4) is 0 Å². The summed E-state index contributed by atoms with van der Waals surface area (Å²) in [5.41, 5.74) is 2.49. The number of aromatic nitrogens is 2. The third-order valence-electron chi connectivity index (χ3n) is 7.07. The van der Waals surface area contributed by atoms with Gasteiger partial charge in [0, 0.05) is 30.0 Å². The molecule has 0 spiro atoms. The molecule has 2 aromatic rings.